The van der Waals surface area contributed by atoms with Crippen molar-refractivity contribution >= 4 is 11.9 Å². The summed E-state index contributed by atoms with van der Waals surface area (Å²) >= 11 is 0. The average Bonchev–Trinajstić information content (AvgIpc) is 2.53. The van der Waals surface area contributed by atoms with Crippen LogP contribution in [0.25, 0.3) is 17.2 Å². The first-order valence-electron chi connectivity index (χ1n) is 7.64. The van der Waals surface area contributed by atoms with Crippen LogP contribution in [0, 0.1) is 5.92 Å². The van der Waals surface area contributed by atoms with Crippen molar-refractivity contribution < 1.29 is 4.79 Å². The fraction of sp³-hybridized carbons (Fsp3) is 0.250. The van der Waals surface area contributed by atoms with Crippen molar-refractivity contribution in [2.45, 2.75) is 26.2 Å². The maximum atomic E-state index is 12.0. The van der Waals surface area contributed by atoms with E-state index >= 15 is 0 Å². The van der Waals surface area contributed by atoms with Crippen LogP contribution in [0.4, 0.5) is 0 Å². The molecule has 0 saturated heterocycles. The molecule has 21 heavy (non-hydrogen) atoms. The van der Waals surface area contributed by atoms with Gasteiger partial charge in [0, 0.05) is 6.42 Å². The molecule has 1 aliphatic rings. The Hall–Kier alpha value is -2.15. The highest BCUT2D eigenvalue weighted by atomic mass is 16.1. The summed E-state index contributed by atoms with van der Waals surface area (Å²) in [6.45, 7) is 2.15. The molecule has 0 radical (unpaired) electrons. The van der Waals surface area contributed by atoms with Gasteiger partial charge in [-0.25, -0.2) is 0 Å². The Kier molecular flexibility index (Phi) is 4.01. The summed E-state index contributed by atoms with van der Waals surface area (Å²) in [6, 6.07) is 18.8. The summed E-state index contributed by atoms with van der Waals surface area (Å²) < 4.78 is 0. The van der Waals surface area contributed by atoms with Crippen LogP contribution in [0.15, 0.2) is 60.2 Å². The molecule has 106 valence electrons. The molecule has 1 fully saturated rings. The van der Waals surface area contributed by atoms with Gasteiger partial charge in [0.2, 0.25) is 0 Å². The maximum absolute atomic E-state index is 12.0. The third-order valence-electron chi connectivity index (χ3n) is 4.23. The smallest absolute Gasteiger partial charge is 0.159 e. The van der Waals surface area contributed by atoms with Crippen LogP contribution in [-0.2, 0) is 4.79 Å². The van der Waals surface area contributed by atoms with Gasteiger partial charge in [0.05, 0.1) is 0 Å². The van der Waals surface area contributed by atoms with Crippen molar-refractivity contribution in [1.82, 2.24) is 0 Å². The van der Waals surface area contributed by atoms with Crippen LogP contribution in [0.2, 0.25) is 0 Å². The number of allylic oxidation sites excluding steroid dienone is 1. The zero-order valence-electron chi connectivity index (χ0n) is 12.4. The van der Waals surface area contributed by atoms with E-state index in [1.807, 2.05) is 18.2 Å². The van der Waals surface area contributed by atoms with Crippen LogP contribution < -0.4 is 0 Å². The van der Waals surface area contributed by atoms with Crippen molar-refractivity contribution in [3.8, 4) is 11.1 Å². The van der Waals surface area contributed by atoms with Crippen molar-refractivity contribution in [1.29, 1.82) is 0 Å². The predicted octanol–water partition coefficient (Wildman–Crippen LogP) is 5.13. The minimum absolute atomic E-state index is 0.320. The molecule has 0 spiro atoms. The molecule has 3 rings (SSSR count). The van der Waals surface area contributed by atoms with E-state index in [1.54, 1.807) is 0 Å². The standard InChI is InChI=1S/C20H20O/c1-15-6-5-9-20(21)19(15)14-16-10-12-18(13-11-16)17-7-3-2-4-8-17/h2-4,7-8,10-15H,5-6,9H2,1H3/b19-14+/t15-/m1/s1. The monoisotopic (exact) mass is 276 g/mol. The lowest BCUT2D eigenvalue weighted by Crippen LogP contribution is -2.16. The van der Waals surface area contributed by atoms with Gasteiger partial charge in [0.15, 0.2) is 5.78 Å². The highest BCUT2D eigenvalue weighted by Gasteiger charge is 2.21. The minimum Gasteiger partial charge on any atom is -0.295 e. The highest BCUT2D eigenvalue weighted by molar-refractivity contribution is 6.00. The number of ketones is 1. The van der Waals surface area contributed by atoms with Gasteiger partial charge in [0.1, 0.15) is 0 Å². The zero-order valence-corrected chi connectivity index (χ0v) is 12.4. The Bertz CT molecular complexity index is 650. The van der Waals surface area contributed by atoms with Crippen LogP contribution in [-0.4, -0.2) is 5.78 Å². The Labute approximate surface area is 126 Å². The van der Waals surface area contributed by atoms with Crippen molar-refractivity contribution in [3.05, 3.63) is 65.7 Å². The quantitative estimate of drug-likeness (QED) is 0.695. The van der Waals surface area contributed by atoms with Gasteiger partial charge >= 0.3 is 0 Å². The van der Waals surface area contributed by atoms with Gasteiger partial charge in [-0.05, 0) is 47.1 Å². The SMILES string of the molecule is C[C@@H]1CCCC(=O)/C1=C/c1ccc(-c2ccccc2)cc1. The minimum atomic E-state index is 0.320. The third-order valence-corrected chi connectivity index (χ3v) is 4.23. The van der Waals surface area contributed by atoms with E-state index in [0.29, 0.717) is 18.1 Å². The van der Waals surface area contributed by atoms with E-state index in [4.69, 9.17) is 0 Å². The van der Waals surface area contributed by atoms with Gasteiger partial charge < -0.3 is 0 Å². The molecule has 1 atom stereocenters. The molecule has 1 saturated carbocycles. The molecular formula is C20H20O. The second-order valence-corrected chi connectivity index (χ2v) is 5.80. The van der Waals surface area contributed by atoms with Gasteiger partial charge in [-0.2, -0.15) is 0 Å². The molecule has 0 bridgehead atoms. The number of Topliss-reactive ketones (excluding diaryl/α,β-unsaturated/α-hetero) is 1. The number of hydrogen-bond acceptors (Lipinski definition) is 1. The molecule has 0 heterocycles. The Balaban J connectivity index is 1.86. The molecule has 0 aliphatic heterocycles. The first kappa shape index (κ1) is 13.8. The first-order valence-corrected chi connectivity index (χ1v) is 7.64. The largest absolute Gasteiger partial charge is 0.295 e. The van der Waals surface area contributed by atoms with E-state index in [2.05, 4.69) is 49.4 Å². The van der Waals surface area contributed by atoms with E-state index < -0.39 is 0 Å². The molecule has 0 aromatic heterocycles. The van der Waals surface area contributed by atoms with Crippen LogP contribution >= 0.6 is 0 Å². The fourth-order valence-electron chi connectivity index (χ4n) is 2.95. The Morgan fingerprint density at radius 1 is 0.952 bits per heavy atom. The molecule has 1 nitrogen and oxygen atoms in total. The molecule has 2 aromatic rings. The Morgan fingerprint density at radius 3 is 2.29 bits per heavy atom. The summed E-state index contributed by atoms with van der Waals surface area (Å²) in [6.07, 6.45) is 4.93. The normalized spacial score (nSPS) is 20.7. The molecule has 1 heteroatoms. The van der Waals surface area contributed by atoms with Crippen molar-refractivity contribution in [2.75, 3.05) is 0 Å². The summed E-state index contributed by atoms with van der Waals surface area (Å²) in [7, 11) is 0. The lowest BCUT2D eigenvalue weighted by atomic mass is 9.83. The van der Waals surface area contributed by atoms with Crippen molar-refractivity contribution in [2.24, 2.45) is 5.92 Å². The lowest BCUT2D eigenvalue weighted by Gasteiger charge is -2.20. The number of rotatable bonds is 2. The lowest BCUT2D eigenvalue weighted by molar-refractivity contribution is -0.116. The summed E-state index contributed by atoms with van der Waals surface area (Å²) in [5.74, 6) is 0.709. The zero-order chi connectivity index (χ0) is 14.7. The average molecular weight is 276 g/mol. The van der Waals surface area contributed by atoms with Gasteiger partial charge in [0.25, 0.3) is 0 Å². The highest BCUT2D eigenvalue weighted by Crippen LogP contribution is 2.28. The molecule has 0 unspecified atom stereocenters. The van der Waals surface area contributed by atoms with E-state index in [-0.39, 0.29) is 0 Å². The van der Waals surface area contributed by atoms with Crippen LogP contribution in [0.1, 0.15) is 31.7 Å². The predicted molar refractivity (Wildman–Crippen MR) is 87.9 cm³/mol. The summed E-state index contributed by atoms with van der Waals surface area (Å²) in [5.41, 5.74) is 4.54. The van der Waals surface area contributed by atoms with Crippen LogP contribution in [0.5, 0.6) is 0 Å². The third kappa shape index (κ3) is 3.13. The van der Waals surface area contributed by atoms with Crippen molar-refractivity contribution in [3.63, 3.8) is 0 Å². The first-order chi connectivity index (χ1) is 10.2. The second kappa shape index (κ2) is 6.09. The topological polar surface area (TPSA) is 17.1 Å². The molecular weight excluding hydrogens is 256 g/mol. The van der Waals surface area contributed by atoms with E-state index in [0.717, 1.165) is 24.0 Å². The number of carbonyl (C=O) groups excluding carboxylic acids is 1. The van der Waals surface area contributed by atoms with E-state index in [1.165, 1.54) is 11.1 Å². The van der Waals surface area contributed by atoms with Gasteiger partial charge in [-0.1, -0.05) is 61.5 Å². The molecule has 0 amide bonds. The fourth-order valence-corrected chi connectivity index (χ4v) is 2.95. The number of carbonyl (C=O) groups is 1. The Morgan fingerprint density at radius 2 is 1.62 bits per heavy atom. The van der Waals surface area contributed by atoms with Gasteiger partial charge in [-0.15, -0.1) is 0 Å². The maximum Gasteiger partial charge on any atom is 0.159 e. The molecule has 1 aliphatic carbocycles. The number of benzene rings is 2. The molecule has 2 aromatic carbocycles. The van der Waals surface area contributed by atoms with Gasteiger partial charge in [-0.3, -0.25) is 4.79 Å². The van der Waals surface area contributed by atoms with E-state index in [9.17, 15) is 4.79 Å². The summed E-state index contributed by atoms with van der Waals surface area (Å²) in [4.78, 5) is 12.0. The summed E-state index contributed by atoms with van der Waals surface area (Å²) in [5, 5.41) is 0. The van der Waals surface area contributed by atoms with Crippen LogP contribution in [0.3, 0.4) is 0 Å². The number of hydrogen-bond donors (Lipinski definition) is 0. The second-order valence-electron chi connectivity index (χ2n) is 5.80. The molecule has 0 N–H and O–H groups in total.